The zero-order valence-electron chi connectivity index (χ0n) is 14.7. The lowest BCUT2D eigenvalue weighted by Crippen LogP contribution is -2.48. The molecule has 1 atom stereocenters. The number of hydrogen-bond donors (Lipinski definition) is 1. The van der Waals surface area contributed by atoms with E-state index >= 15 is 0 Å². The van der Waals surface area contributed by atoms with E-state index in [0.717, 1.165) is 5.56 Å². The smallest absolute Gasteiger partial charge is 0.247 e. The molecule has 1 aliphatic heterocycles. The van der Waals surface area contributed by atoms with Gasteiger partial charge in [-0.3, -0.25) is 4.68 Å². The van der Waals surface area contributed by atoms with Crippen LogP contribution in [0.5, 0.6) is 0 Å². The van der Waals surface area contributed by atoms with Gasteiger partial charge >= 0.3 is 0 Å². The highest BCUT2D eigenvalue weighted by atomic mass is 35.5. The molecule has 6 nitrogen and oxygen atoms in total. The standard InChI is InChI=1S/C17H23ClN4O2S/c1-4-21-13(3)17(12(2)20-21)25(23,24)22-9-8-19-11-16(22)14-6-5-7-15(18)10-14/h5-7,10,16,19H,4,8-9,11H2,1-3H3. The quantitative estimate of drug-likeness (QED) is 0.882. The van der Waals surface area contributed by atoms with Crippen LogP contribution < -0.4 is 5.32 Å². The average molecular weight is 383 g/mol. The van der Waals surface area contributed by atoms with E-state index in [9.17, 15) is 8.42 Å². The highest BCUT2D eigenvalue weighted by Gasteiger charge is 2.37. The SMILES string of the molecule is CCn1nc(C)c(S(=O)(=O)N2CCNCC2c2cccc(Cl)c2)c1C. The fourth-order valence-electron chi connectivity index (χ4n) is 3.45. The summed E-state index contributed by atoms with van der Waals surface area (Å²) >= 11 is 6.11. The largest absolute Gasteiger partial charge is 0.313 e. The molecule has 1 N–H and O–H groups in total. The fourth-order valence-corrected chi connectivity index (χ4v) is 5.64. The molecule has 0 radical (unpaired) electrons. The predicted molar refractivity (Wildman–Crippen MR) is 98.3 cm³/mol. The minimum Gasteiger partial charge on any atom is -0.313 e. The van der Waals surface area contributed by atoms with Crippen LogP contribution in [0.15, 0.2) is 29.2 Å². The highest BCUT2D eigenvalue weighted by molar-refractivity contribution is 7.89. The molecule has 3 rings (SSSR count). The molecule has 1 fully saturated rings. The number of aryl methyl sites for hydroxylation is 2. The monoisotopic (exact) mass is 382 g/mol. The summed E-state index contributed by atoms with van der Waals surface area (Å²) in [5.74, 6) is 0. The Bertz CT molecular complexity index is 879. The fraction of sp³-hybridized carbons (Fsp3) is 0.471. The summed E-state index contributed by atoms with van der Waals surface area (Å²) in [6.45, 7) is 7.75. The summed E-state index contributed by atoms with van der Waals surface area (Å²) in [6, 6.07) is 7.10. The zero-order valence-corrected chi connectivity index (χ0v) is 16.2. The third-order valence-electron chi connectivity index (χ3n) is 4.61. The van der Waals surface area contributed by atoms with Crippen molar-refractivity contribution in [2.75, 3.05) is 19.6 Å². The van der Waals surface area contributed by atoms with Gasteiger partial charge in [0.15, 0.2) is 0 Å². The van der Waals surface area contributed by atoms with E-state index in [0.29, 0.717) is 47.5 Å². The molecule has 136 valence electrons. The molecule has 0 amide bonds. The number of halogens is 1. The van der Waals surface area contributed by atoms with Crippen molar-refractivity contribution >= 4 is 21.6 Å². The molecule has 1 saturated heterocycles. The molecule has 25 heavy (non-hydrogen) atoms. The van der Waals surface area contributed by atoms with E-state index in [4.69, 9.17) is 11.6 Å². The zero-order chi connectivity index (χ0) is 18.2. The van der Waals surface area contributed by atoms with Crippen LogP contribution in [0, 0.1) is 13.8 Å². The predicted octanol–water partition coefficient (Wildman–Crippen LogP) is 2.51. The van der Waals surface area contributed by atoms with Gasteiger partial charge in [0.2, 0.25) is 10.0 Å². The third-order valence-corrected chi connectivity index (χ3v) is 7.01. The number of sulfonamides is 1. The van der Waals surface area contributed by atoms with Crippen molar-refractivity contribution in [3.8, 4) is 0 Å². The Labute approximate surface area is 153 Å². The van der Waals surface area contributed by atoms with Crippen LogP contribution in [0.1, 0.15) is 29.9 Å². The van der Waals surface area contributed by atoms with Crippen molar-refractivity contribution in [3.63, 3.8) is 0 Å². The van der Waals surface area contributed by atoms with Crippen molar-refractivity contribution in [3.05, 3.63) is 46.2 Å². The maximum atomic E-state index is 13.4. The van der Waals surface area contributed by atoms with Crippen LogP contribution in [-0.2, 0) is 16.6 Å². The summed E-state index contributed by atoms with van der Waals surface area (Å²) in [4.78, 5) is 0.322. The molecule has 2 heterocycles. The number of rotatable bonds is 4. The van der Waals surface area contributed by atoms with E-state index in [1.807, 2.05) is 32.0 Å². The first-order valence-corrected chi connectivity index (χ1v) is 10.2. The second-order valence-corrected chi connectivity index (χ2v) is 8.47. The van der Waals surface area contributed by atoms with Gasteiger partial charge in [-0.25, -0.2) is 8.42 Å². The molecule has 8 heteroatoms. The summed E-state index contributed by atoms with van der Waals surface area (Å²) < 4.78 is 30.2. The minimum atomic E-state index is -3.66. The number of aromatic nitrogens is 2. The van der Waals surface area contributed by atoms with E-state index in [1.165, 1.54) is 0 Å². The molecular weight excluding hydrogens is 360 g/mol. The van der Waals surface area contributed by atoms with Crippen molar-refractivity contribution in [1.82, 2.24) is 19.4 Å². The van der Waals surface area contributed by atoms with Crippen molar-refractivity contribution in [1.29, 1.82) is 0 Å². The number of benzene rings is 1. The van der Waals surface area contributed by atoms with E-state index in [2.05, 4.69) is 10.4 Å². The van der Waals surface area contributed by atoms with Gasteiger partial charge in [0.1, 0.15) is 4.90 Å². The lowest BCUT2D eigenvalue weighted by Gasteiger charge is -2.35. The van der Waals surface area contributed by atoms with Crippen LogP contribution in [0.3, 0.4) is 0 Å². The Kier molecular flexibility index (Phi) is 5.20. The van der Waals surface area contributed by atoms with Crippen molar-refractivity contribution in [2.24, 2.45) is 0 Å². The number of nitrogens with one attached hydrogen (secondary N) is 1. The summed E-state index contributed by atoms with van der Waals surface area (Å²) in [5.41, 5.74) is 2.12. The highest BCUT2D eigenvalue weighted by Crippen LogP contribution is 2.32. The Hall–Kier alpha value is -1.41. The normalized spacial score (nSPS) is 19.3. The molecule has 1 aromatic carbocycles. The van der Waals surface area contributed by atoms with E-state index in [-0.39, 0.29) is 6.04 Å². The first kappa shape index (κ1) is 18.4. The summed E-state index contributed by atoms with van der Waals surface area (Å²) in [6.07, 6.45) is 0. The summed E-state index contributed by atoms with van der Waals surface area (Å²) in [7, 11) is -3.66. The minimum absolute atomic E-state index is 0.291. The van der Waals surface area contributed by atoms with Crippen LogP contribution in [0.4, 0.5) is 0 Å². The van der Waals surface area contributed by atoms with E-state index in [1.54, 1.807) is 22.0 Å². The molecule has 1 aliphatic rings. The van der Waals surface area contributed by atoms with Gasteiger partial charge in [0.05, 0.1) is 17.4 Å². The molecular formula is C17H23ClN4O2S. The first-order chi connectivity index (χ1) is 11.9. The van der Waals surface area contributed by atoms with Crippen LogP contribution >= 0.6 is 11.6 Å². The number of nitrogens with zero attached hydrogens (tertiary/aromatic N) is 3. The summed E-state index contributed by atoms with van der Waals surface area (Å²) in [5, 5.41) is 8.26. The second kappa shape index (κ2) is 7.07. The van der Waals surface area contributed by atoms with Crippen molar-refractivity contribution < 1.29 is 8.42 Å². The van der Waals surface area contributed by atoms with Gasteiger partial charge in [0, 0.05) is 31.2 Å². The van der Waals surface area contributed by atoms with Crippen LogP contribution in [0.2, 0.25) is 5.02 Å². The molecule has 0 bridgehead atoms. The Balaban J connectivity index is 2.07. The first-order valence-electron chi connectivity index (χ1n) is 8.38. The van der Waals surface area contributed by atoms with Crippen LogP contribution in [-0.4, -0.2) is 42.1 Å². The maximum Gasteiger partial charge on any atom is 0.247 e. The number of piperazine rings is 1. The maximum absolute atomic E-state index is 13.4. The molecule has 2 aromatic rings. The van der Waals surface area contributed by atoms with E-state index < -0.39 is 10.0 Å². The second-order valence-electron chi connectivity index (χ2n) is 6.21. The van der Waals surface area contributed by atoms with Gasteiger partial charge in [-0.05, 0) is 38.5 Å². The molecule has 0 aliphatic carbocycles. The van der Waals surface area contributed by atoms with Gasteiger partial charge in [-0.2, -0.15) is 9.40 Å². The topological polar surface area (TPSA) is 67.2 Å². The average Bonchev–Trinajstić information content (AvgIpc) is 2.89. The molecule has 0 spiro atoms. The van der Waals surface area contributed by atoms with Gasteiger partial charge < -0.3 is 5.32 Å². The van der Waals surface area contributed by atoms with Gasteiger partial charge in [0.25, 0.3) is 0 Å². The Morgan fingerprint density at radius 2 is 2.12 bits per heavy atom. The van der Waals surface area contributed by atoms with Gasteiger partial charge in [-0.1, -0.05) is 23.7 Å². The number of hydrogen-bond acceptors (Lipinski definition) is 4. The Morgan fingerprint density at radius 3 is 2.76 bits per heavy atom. The molecule has 0 saturated carbocycles. The van der Waals surface area contributed by atoms with Gasteiger partial charge in [-0.15, -0.1) is 0 Å². The lowest BCUT2D eigenvalue weighted by atomic mass is 10.1. The molecule has 1 aromatic heterocycles. The Morgan fingerprint density at radius 1 is 1.36 bits per heavy atom. The molecule has 1 unspecified atom stereocenters. The third kappa shape index (κ3) is 3.33. The van der Waals surface area contributed by atoms with Crippen molar-refractivity contribution in [2.45, 2.75) is 38.3 Å². The lowest BCUT2D eigenvalue weighted by molar-refractivity contribution is 0.271. The van der Waals surface area contributed by atoms with Crippen LogP contribution in [0.25, 0.3) is 0 Å².